The minimum atomic E-state index is -3.92. The Morgan fingerprint density at radius 1 is 0.931 bits per heavy atom. The zero-order chi connectivity index (χ0) is 20.9. The molecule has 3 aromatic rings. The van der Waals surface area contributed by atoms with Gasteiger partial charge in [-0.1, -0.05) is 54.1 Å². The minimum Gasteiger partial charge on any atom is -0.324 e. The SMILES string of the molecule is O=C(Nc1ccccc1Br)[C@H](Cc1ccccc1)NS(=O)(=O)c1ccc(Cl)cc1. The van der Waals surface area contributed by atoms with Crippen molar-refractivity contribution in [2.24, 2.45) is 0 Å². The molecule has 0 aromatic heterocycles. The lowest BCUT2D eigenvalue weighted by Gasteiger charge is -2.19. The fourth-order valence-electron chi connectivity index (χ4n) is 2.69. The Labute approximate surface area is 183 Å². The molecule has 8 heteroatoms. The Hall–Kier alpha value is -2.19. The quantitative estimate of drug-likeness (QED) is 0.504. The number of carbonyl (C=O) groups excluding carboxylic acids is 1. The summed E-state index contributed by atoms with van der Waals surface area (Å²) >= 11 is 9.23. The lowest BCUT2D eigenvalue weighted by molar-refractivity contribution is -0.117. The number of carbonyl (C=O) groups is 1. The third kappa shape index (κ3) is 5.90. The summed E-state index contributed by atoms with van der Waals surface area (Å²) < 4.78 is 28.9. The third-order valence-corrected chi connectivity index (χ3v) is 6.58. The van der Waals surface area contributed by atoms with Crippen LogP contribution < -0.4 is 10.0 Å². The van der Waals surface area contributed by atoms with Crippen molar-refractivity contribution >= 4 is 49.1 Å². The molecule has 0 unspecified atom stereocenters. The van der Waals surface area contributed by atoms with E-state index in [1.165, 1.54) is 24.3 Å². The number of halogens is 2. The van der Waals surface area contributed by atoms with E-state index in [0.717, 1.165) is 5.56 Å². The lowest BCUT2D eigenvalue weighted by Crippen LogP contribution is -2.45. The number of anilines is 1. The average Bonchev–Trinajstić information content (AvgIpc) is 2.70. The monoisotopic (exact) mass is 492 g/mol. The zero-order valence-corrected chi connectivity index (χ0v) is 18.3. The van der Waals surface area contributed by atoms with Crippen LogP contribution in [0.1, 0.15) is 5.56 Å². The maximum Gasteiger partial charge on any atom is 0.242 e. The van der Waals surface area contributed by atoms with E-state index in [2.05, 4.69) is 26.0 Å². The van der Waals surface area contributed by atoms with E-state index in [-0.39, 0.29) is 11.3 Å². The van der Waals surface area contributed by atoms with Crippen molar-refractivity contribution < 1.29 is 13.2 Å². The van der Waals surface area contributed by atoms with Gasteiger partial charge in [-0.3, -0.25) is 4.79 Å². The van der Waals surface area contributed by atoms with Gasteiger partial charge >= 0.3 is 0 Å². The standard InChI is InChI=1S/C21H18BrClN2O3S/c22-18-8-4-5-9-19(18)24-21(26)20(14-15-6-2-1-3-7-15)25-29(27,28)17-12-10-16(23)11-13-17/h1-13,20,25H,14H2,(H,24,26)/t20-/m0/s1. The van der Waals surface area contributed by atoms with Crippen LogP contribution in [0.5, 0.6) is 0 Å². The first-order valence-electron chi connectivity index (χ1n) is 8.72. The van der Waals surface area contributed by atoms with Crippen molar-refractivity contribution in [1.82, 2.24) is 4.72 Å². The maximum absolute atomic E-state index is 13.0. The largest absolute Gasteiger partial charge is 0.324 e. The Bertz CT molecular complexity index is 1090. The highest BCUT2D eigenvalue weighted by atomic mass is 79.9. The first kappa shape index (κ1) is 21.5. The van der Waals surface area contributed by atoms with Gasteiger partial charge in [0.25, 0.3) is 0 Å². The van der Waals surface area contributed by atoms with Gasteiger partial charge in [-0.2, -0.15) is 4.72 Å². The highest BCUT2D eigenvalue weighted by Crippen LogP contribution is 2.22. The van der Waals surface area contributed by atoms with Crippen LogP contribution in [0, 0.1) is 0 Å². The third-order valence-electron chi connectivity index (χ3n) is 4.15. The van der Waals surface area contributed by atoms with Crippen molar-refractivity contribution in [3.8, 4) is 0 Å². The number of hydrogen-bond donors (Lipinski definition) is 2. The number of para-hydroxylation sites is 1. The predicted octanol–water partition coefficient (Wildman–Crippen LogP) is 4.63. The molecule has 5 nitrogen and oxygen atoms in total. The molecule has 0 saturated carbocycles. The van der Waals surface area contributed by atoms with E-state index >= 15 is 0 Å². The number of amides is 1. The zero-order valence-electron chi connectivity index (χ0n) is 15.2. The van der Waals surface area contributed by atoms with Gasteiger partial charge in [0.05, 0.1) is 10.6 Å². The Morgan fingerprint density at radius 2 is 1.55 bits per heavy atom. The highest BCUT2D eigenvalue weighted by molar-refractivity contribution is 9.10. The van der Waals surface area contributed by atoms with Gasteiger partial charge in [0, 0.05) is 9.50 Å². The molecule has 0 aliphatic carbocycles. The van der Waals surface area contributed by atoms with E-state index < -0.39 is 22.0 Å². The Morgan fingerprint density at radius 3 is 2.21 bits per heavy atom. The van der Waals surface area contributed by atoms with Crippen LogP contribution in [0.25, 0.3) is 0 Å². The van der Waals surface area contributed by atoms with Gasteiger partial charge in [0.1, 0.15) is 6.04 Å². The molecule has 1 amide bonds. The second-order valence-electron chi connectivity index (χ2n) is 6.29. The van der Waals surface area contributed by atoms with Crippen molar-refractivity contribution in [2.45, 2.75) is 17.4 Å². The Balaban J connectivity index is 1.87. The second-order valence-corrected chi connectivity index (χ2v) is 9.29. The molecule has 150 valence electrons. The van der Waals surface area contributed by atoms with Crippen LogP contribution in [-0.2, 0) is 21.2 Å². The van der Waals surface area contributed by atoms with Crippen molar-refractivity contribution in [3.63, 3.8) is 0 Å². The topological polar surface area (TPSA) is 75.3 Å². The predicted molar refractivity (Wildman–Crippen MR) is 118 cm³/mol. The van der Waals surface area contributed by atoms with E-state index in [9.17, 15) is 13.2 Å². The first-order valence-corrected chi connectivity index (χ1v) is 11.4. The molecule has 29 heavy (non-hydrogen) atoms. The fraction of sp³-hybridized carbons (Fsp3) is 0.0952. The summed E-state index contributed by atoms with van der Waals surface area (Å²) in [4.78, 5) is 13.0. The summed E-state index contributed by atoms with van der Waals surface area (Å²) in [6, 6.07) is 21.1. The van der Waals surface area contributed by atoms with Crippen LogP contribution in [-0.4, -0.2) is 20.4 Å². The smallest absolute Gasteiger partial charge is 0.242 e. The number of hydrogen-bond acceptors (Lipinski definition) is 3. The molecule has 0 aliphatic rings. The number of benzene rings is 3. The molecule has 0 spiro atoms. The fourth-order valence-corrected chi connectivity index (χ4v) is 4.39. The maximum atomic E-state index is 13.0. The van der Waals surface area contributed by atoms with E-state index in [1.807, 2.05) is 36.4 Å². The van der Waals surface area contributed by atoms with Crippen LogP contribution in [0.2, 0.25) is 5.02 Å². The van der Waals surface area contributed by atoms with E-state index in [1.54, 1.807) is 18.2 Å². The van der Waals surface area contributed by atoms with Crippen LogP contribution >= 0.6 is 27.5 Å². The van der Waals surface area contributed by atoms with Crippen LogP contribution in [0.15, 0.2) is 88.2 Å². The van der Waals surface area contributed by atoms with E-state index in [0.29, 0.717) is 15.2 Å². The average molecular weight is 494 g/mol. The summed E-state index contributed by atoms with van der Waals surface area (Å²) in [6.45, 7) is 0. The molecule has 1 atom stereocenters. The number of rotatable bonds is 7. The normalized spacial score (nSPS) is 12.3. The summed E-state index contributed by atoms with van der Waals surface area (Å²) in [5, 5.41) is 3.21. The molecule has 2 N–H and O–H groups in total. The minimum absolute atomic E-state index is 0.0358. The van der Waals surface area contributed by atoms with Gasteiger partial charge < -0.3 is 5.32 Å². The summed E-state index contributed by atoms with van der Waals surface area (Å²) in [7, 11) is -3.92. The number of sulfonamides is 1. The molecule has 0 fully saturated rings. The summed E-state index contributed by atoms with van der Waals surface area (Å²) in [5.41, 5.74) is 1.39. The molecule has 0 aliphatic heterocycles. The molecule has 0 heterocycles. The highest BCUT2D eigenvalue weighted by Gasteiger charge is 2.26. The van der Waals surface area contributed by atoms with Crippen molar-refractivity contribution in [2.75, 3.05) is 5.32 Å². The van der Waals surface area contributed by atoms with Crippen LogP contribution in [0.3, 0.4) is 0 Å². The Kier molecular flexibility index (Phi) is 7.08. The second kappa shape index (κ2) is 9.54. The lowest BCUT2D eigenvalue weighted by atomic mass is 10.1. The van der Waals surface area contributed by atoms with E-state index in [4.69, 9.17) is 11.6 Å². The molecule has 0 saturated heterocycles. The van der Waals surface area contributed by atoms with Crippen LogP contribution in [0.4, 0.5) is 5.69 Å². The molecular weight excluding hydrogens is 476 g/mol. The molecular formula is C21H18BrClN2O3S. The summed E-state index contributed by atoms with van der Waals surface area (Å²) in [6.07, 6.45) is 0.198. The van der Waals surface area contributed by atoms with Gasteiger partial charge in [0.2, 0.25) is 15.9 Å². The van der Waals surface area contributed by atoms with Crippen molar-refractivity contribution in [1.29, 1.82) is 0 Å². The van der Waals surface area contributed by atoms with Gasteiger partial charge in [-0.15, -0.1) is 0 Å². The van der Waals surface area contributed by atoms with Gasteiger partial charge in [0.15, 0.2) is 0 Å². The first-order chi connectivity index (χ1) is 13.8. The molecule has 3 aromatic carbocycles. The van der Waals surface area contributed by atoms with Gasteiger partial charge in [-0.25, -0.2) is 8.42 Å². The molecule has 3 rings (SSSR count). The summed E-state index contributed by atoms with van der Waals surface area (Å²) in [5.74, 6) is -0.460. The van der Waals surface area contributed by atoms with Crippen molar-refractivity contribution in [3.05, 3.63) is 93.9 Å². The molecule has 0 radical (unpaired) electrons. The molecule has 0 bridgehead atoms. The van der Waals surface area contributed by atoms with Gasteiger partial charge in [-0.05, 0) is 64.3 Å². The number of nitrogens with one attached hydrogen (secondary N) is 2.